The highest BCUT2D eigenvalue weighted by Crippen LogP contribution is 2.40. The van der Waals surface area contributed by atoms with Gasteiger partial charge in [0.25, 0.3) is 0 Å². The highest BCUT2D eigenvalue weighted by molar-refractivity contribution is 6.14. The first-order chi connectivity index (χ1) is 20.3. The number of fused-ring (bicyclic) bond motifs is 3. The Kier molecular flexibility index (Phi) is 5.86. The van der Waals surface area contributed by atoms with Crippen LogP contribution in [0.3, 0.4) is 0 Å². The Labute approximate surface area is 237 Å². The zero-order valence-corrected chi connectivity index (χ0v) is 22.0. The maximum atomic E-state index is 10.0. The summed E-state index contributed by atoms with van der Waals surface area (Å²) >= 11 is 0. The zero-order valence-electron chi connectivity index (χ0n) is 22.0. The average molecular weight is 523 g/mol. The summed E-state index contributed by atoms with van der Waals surface area (Å²) in [6.07, 6.45) is 0. The van der Waals surface area contributed by atoms with Crippen LogP contribution in [0.15, 0.2) is 133 Å². The molecule has 0 spiro atoms. The largest absolute Gasteiger partial charge is 0.293 e. The molecule has 0 fully saturated rings. The van der Waals surface area contributed by atoms with Crippen LogP contribution >= 0.6 is 0 Å². The molecule has 0 saturated carbocycles. The summed E-state index contributed by atoms with van der Waals surface area (Å²) < 4.78 is 2.17. The molecule has 0 atom stereocenters. The van der Waals surface area contributed by atoms with Crippen LogP contribution in [0.2, 0.25) is 0 Å². The summed E-state index contributed by atoms with van der Waals surface area (Å²) in [6.45, 7) is 0. The van der Waals surface area contributed by atoms with Gasteiger partial charge in [0.15, 0.2) is 0 Å². The van der Waals surface area contributed by atoms with Gasteiger partial charge in [-0.3, -0.25) is 4.57 Å². The van der Waals surface area contributed by atoms with E-state index in [0.717, 1.165) is 55.6 Å². The molecule has 0 aliphatic heterocycles. The fourth-order valence-corrected chi connectivity index (χ4v) is 5.67. The van der Waals surface area contributed by atoms with Crippen LogP contribution in [0.5, 0.6) is 0 Å². The third-order valence-electron chi connectivity index (χ3n) is 7.49. The third kappa shape index (κ3) is 4.03. The van der Waals surface area contributed by atoms with Gasteiger partial charge >= 0.3 is 0 Å². The second kappa shape index (κ2) is 9.97. The Morgan fingerprint density at radius 1 is 0.537 bits per heavy atom. The SMILES string of the molecule is N#Cc1cccc(C#N)c1-c1cccc2c3ccccc3n(-c3cc(-c4ccccc4)cc(-c4ccccc4)n3)c12. The second-order valence-electron chi connectivity index (χ2n) is 9.84. The lowest BCUT2D eigenvalue weighted by Crippen LogP contribution is -2.02. The van der Waals surface area contributed by atoms with Crippen molar-refractivity contribution in [2.45, 2.75) is 0 Å². The fourth-order valence-electron chi connectivity index (χ4n) is 5.67. The first-order valence-corrected chi connectivity index (χ1v) is 13.4. The highest BCUT2D eigenvalue weighted by Gasteiger charge is 2.21. The van der Waals surface area contributed by atoms with Gasteiger partial charge in [0, 0.05) is 27.5 Å². The van der Waals surface area contributed by atoms with Crippen LogP contribution in [-0.4, -0.2) is 9.55 Å². The molecule has 2 aromatic heterocycles. The molecule has 5 aromatic carbocycles. The molecule has 0 radical (unpaired) electrons. The Morgan fingerprint density at radius 2 is 1.15 bits per heavy atom. The lowest BCUT2D eigenvalue weighted by Gasteiger charge is -2.15. The van der Waals surface area contributed by atoms with E-state index >= 15 is 0 Å². The first-order valence-electron chi connectivity index (χ1n) is 13.4. The average Bonchev–Trinajstić information content (AvgIpc) is 3.40. The van der Waals surface area contributed by atoms with Crippen LogP contribution in [0.1, 0.15) is 11.1 Å². The number of hydrogen-bond acceptors (Lipinski definition) is 3. The van der Waals surface area contributed by atoms with E-state index in [-0.39, 0.29) is 0 Å². The second-order valence-corrected chi connectivity index (χ2v) is 9.84. The quantitative estimate of drug-likeness (QED) is 0.232. The smallest absolute Gasteiger partial charge is 0.138 e. The summed E-state index contributed by atoms with van der Waals surface area (Å²) in [5, 5.41) is 22.2. The minimum absolute atomic E-state index is 0.462. The minimum atomic E-state index is 0.462. The van der Waals surface area contributed by atoms with E-state index in [1.54, 1.807) is 18.2 Å². The molecule has 0 saturated heterocycles. The van der Waals surface area contributed by atoms with Crippen molar-refractivity contribution in [2.24, 2.45) is 0 Å². The number of aromatic nitrogens is 2. The Balaban J connectivity index is 1.63. The summed E-state index contributed by atoms with van der Waals surface area (Å²) in [5.41, 5.74) is 8.31. The van der Waals surface area contributed by atoms with E-state index in [1.165, 1.54) is 0 Å². The van der Waals surface area contributed by atoms with Gasteiger partial charge in [-0.15, -0.1) is 0 Å². The van der Waals surface area contributed by atoms with E-state index in [0.29, 0.717) is 16.7 Å². The number of hydrogen-bond donors (Lipinski definition) is 0. The number of pyridine rings is 1. The van der Waals surface area contributed by atoms with Gasteiger partial charge in [-0.2, -0.15) is 10.5 Å². The van der Waals surface area contributed by atoms with E-state index in [4.69, 9.17) is 4.98 Å². The number of nitriles is 2. The number of benzene rings is 5. The van der Waals surface area contributed by atoms with Crippen LogP contribution in [0.25, 0.3) is 61.1 Å². The maximum absolute atomic E-state index is 10.0. The van der Waals surface area contributed by atoms with Crippen molar-refractivity contribution in [3.8, 4) is 51.5 Å². The molecule has 190 valence electrons. The summed E-state index contributed by atoms with van der Waals surface area (Å²) in [7, 11) is 0. The Hall–Kier alpha value is -5.97. The molecule has 0 bridgehead atoms. The fraction of sp³-hybridized carbons (Fsp3) is 0. The zero-order chi connectivity index (χ0) is 27.8. The van der Waals surface area contributed by atoms with Crippen molar-refractivity contribution in [1.29, 1.82) is 10.5 Å². The van der Waals surface area contributed by atoms with E-state index < -0.39 is 0 Å². The Bertz CT molecular complexity index is 2070. The number of rotatable bonds is 4. The molecule has 0 aliphatic rings. The van der Waals surface area contributed by atoms with Crippen LogP contribution in [-0.2, 0) is 0 Å². The lowest BCUT2D eigenvalue weighted by molar-refractivity contribution is 1.08. The molecular formula is C37H22N4. The van der Waals surface area contributed by atoms with Crippen LogP contribution in [0, 0.1) is 22.7 Å². The van der Waals surface area contributed by atoms with Crippen molar-refractivity contribution < 1.29 is 0 Å². The van der Waals surface area contributed by atoms with E-state index in [2.05, 4.69) is 71.3 Å². The third-order valence-corrected chi connectivity index (χ3v) is 7.49. The molecule has 4 heteroatoms. The molecule has 0 aliphatic carbocycles. The van der Waals surface area contributed by atoms with Crippen molar-refractivity contribution in [2.75, 3.05) is 0 Å². The standard InChI is InChI=1S/C37H22N4/c38-23-27-15-9-16-28(24-39)36(27)32-19-10-18-31-30-17-7-8-20-34(30)41(37(31)32)35-22-29(25-11-3-1-4-12-25)21-33(40-35)26-13-5-2-6-14-26/h1-22H. The molecule has 0 N–H and O–H groups in total. The van der Waals surface area contributed by atoms with E-state index in [9.17, 15) is 10.5 Å². The normalized spacial score (nSPS) is 10.9. The van der Waals surface area contributed by atoms with Gasteiger partial charge in [-0.25, -0.2) is 4.98 Å². The molecule has 7 aromatic rings. The first kappa shape index (κ1) is 24.1. The molecular weight excluding hydrogens is 500 g/mol. The number of para-hydroxylation sites is 2. The van der Waals surface area contributed by atoms with Crippen LogP contribution in [0.4, 0.5) is 0 Å². The van der Waals surface area contributed by atoms with Crippen LogP contribution < -0.4 is 0 Å². The summed E-state index contributed by atoms with van der Waals surface area (Å²) in [5.74, 6) is 0.761. The molecule has 7 rings (SSSR count). The van der Waals surface area contributed by atoms with Gasteiger partial charge in [-0.1, -0.05) is 103 Å². The summed E-state index contributed by atoms with van der Waals surface area (Å²) in [4.78, 5) is 5.22. The summed E-state index contributed by atoms with van der Waals surface area (Å²) in [6, 6.07) is 49.0. The van der Waals surface area contributed by atoms with E-state index in [1.807, 2.05) is 60.7 Å². The van der Waals surface area contributed by atoms with Crippen molar-refractivity contribution in [1.82, 2.24) is 9.55 Å². The predicted molar refractivity (Wildman–Crippen MR) is 164 cm³/mol. The predicted octanol–water partition coefficient (Wildman–Crippen LogP) is 8.92. The molecule has 41 heavy (non-hydrogen) atoms. The lowest BCUT2D eigenvalue weighted by atomic mass is 9.93. The molecule has 2 heterocycles. The number of nitrogens with zero attached hydrogens (tertiary/aromatic N) is 4. The van der Waals surface area contributed by atoms with Crippen molar-refractivity contribution >= 4 is 21.8 Å². The molecule has 0 amide bonds. The van der Waals surface area contributed by atoms with Gasteiger partial charge in [0.1, 0.15) is 5.82 Å². The van der Waals surface area contributed by atoms with Gasteiger partial charge < -0.3 is 0 Å². The maximum Gasteiger partial charge on any atom is 0.138 e. The Morgan fingerprint density at radius 3 is 1.85 bits per heavy atom. The van der Waals surface area contributed by atoms with Gasteiger partial charge in [-0.05, 0) is 41.5 Å². The van der Waals surface area contributed by atoms with Crippen molar-refractivity contribution in [3.05, 3.63) is 145 Å². The minimum Gasteiger partial charge on any atom is -0.293 e. The van der Waals surface area contributed by atoms with Crippen molar-refractivity contribution in [3.63, 3.8) is 0 Å². The van der Waals surface area contributed by atoms with Gasteiger partial charge in [0.2, 0.25) is 0 Å². The monoisotopic (exact) mass is 522 g/mol. The molecule has 0 unspecified atom stereocenters. The highest BCUT2D eigenvalue weighted by atomic mass is 15.1. The van der Waals surface area contributed by atoms with Gasteiger partial charge in [0.05, 0.1) is 40.0 Å². The molecule has 4 nitrogen and oxygen atoms in total. The topological polar surface area (TPSA) is 65.4 Å².